The normalized spacial score (nSPS) is 10.7. The summed E-state index contributed by atoms with van der Waals surface area (Å²) in [6.07, 6.45) is 0.182. The average molecular weight is 301 g/mol. The fourth-order valence-electron chi connectivity index (χ4n) is 2.12. The molecule has 0 aliphatic carbocycles. The van der Waals surface area contributed by atoms with Crippen LogP contribution >= 0.6 is 11.6 Å². The Bertz CT molecular complexity index is 783. The number of halogens is 1. The number of hydrogen-bond donors (Lipinski definition) is 1. The van der Waals surface area contributed by atoms with Crippen LogP contribution in [-0.2, 0) is 17.8 Å². The molecule has 1 heterocycles. The molecule has 3 rings (SSSR count). The molecule has 0 aliphatic heterocycles. The van der Waals surface area contributed by atoms with Gasteiger partial charge in [-0.25, -0.2) is 0 Å². The number of nitrogens with one attached hydrogen (secondary N) is 1. The summed E-state index contributed by atoms with van der Waals surface area (Å²) in [5, 5.41) is 8.29. The number of nitrogens with zero attached hydrogens (tertiary/aromatic N) is 1. The quantitative estimate of drug-likeness (QED) is 0.804. The second kappa shape index (κ2) is 5.97. The van der Waals surface area contributed by atoms with Crippen LogP contribution in [0.2, 0.25) is 5.02 Å². The number of carbonyl (C=O) groups is 1. The first-order valence-electron chi connectivity index (χ1n) is 6.57. The molecular weight excluding hydrogens is 288 g/mol. The molecule has 3 aromatic rings. The van der Waals surface area contributed by atoms with Crippen molar-refractivity contribution in [1.29, 1.82) is 0 Å². The second-order valence-electron chi connectivity index (χ2n) is 4.67. The third-order valence-corrected chi connectivity index (χ3v) is 3.58. The van der Waals surface area contributed by atoms with E-state index in [1.807, 2.05) is 42.5 Å². The van der Waals surface area contributed by atoms with E-state index < -0.39 is 0 Å². The van der Waals surface area contributed by atoms with Gasteiger partial charge in [-0.1, -0.05) is 47.1 Å². The molecule has 0 bridgehead atoms. The lowest BCUT2D eigenvalue weighted by molar-refractivity contribution is -0.120. The Kier molecular flexibility index (Phi) is 3.88. The van der Waals surface area contributed by atoms with Crippen molar-refractivity contribution in [3.05, 3.63) is 64.8 Å². The zero-order valence-corrected chi connectivity index (χ0v) is 11.9. The molecular formula is C16H13ClN2O2. The van der Waals surface area contributed by atoms with Crippen molar-refractivity contribution in [3.63, 3.8) is 0 Å². The van der Waals surface area contributed by atoms with E-state index in [9.17, 15) is 4.79 Å². The van der Waals surface area contributed by atoms with Crippen LogP contribution in [0.15, 0.2) is 53.1 Å². The summed E-state index contributed by atoms with van der Waals surface area (Å²) < 4.78 is 5.18. The Morgan fingerprint density at radius 2 is 1.90 bits per heavy atom. The summed E-state index contributed by atoms with van der Waals surface area (Å²) in [6.45, 7) is 0.397. The molecule has 0 spiro atoms. The second-order valence-corrected chi connectivity index (χ2v) is 5.08. The van der Waals surface area contributed by atoms with E-state index in [-0.39, 0.29) is 12.3 Å². The van der Waals surface area contributed by atoms with Crippen molar-refractivity contribution in [3.8, 4) is 0 Å². The number of benzene rings is 2. The largest absolute Gasteiger partial charge is 0.356 e. The summed E-state index contributed by atoms with van der Waals surface area (Å²) in [7, 11) is 0. The van der Waals surface area contributed by atoms with Crippen molar-refractivity contribution < 1.29 is 9.32 Å². The minimum Gasteiger partial charge on any atom is -0.356 e. The maximum atomic E-state index is 12.0. The molecule has 21 heavy (non-hydrogen) atoms. The minimum atomic E-state index is -0.117. The molecule has 0 radical (unpaired) electrons. The summed E-state index contributed by atoms with van der Waals surface area (Å²) in [5.41, 5.74) is 2.21. The van der Waals surface area contributed by atoms with Crippen molar-refractivity contribution in [2.45, 2.75) is 13.0 Å². The Balaban J connectivity index is 1.66. The van der Waals surface area contributed by atoms with Crippen LogP contribution in [0.4, 0.5) is 0 Å². The molecule has 0 unspecified atom stereocenters. The van der Waals surface area contributed by atoms with Crippen LogP contribution in [0.1, 0.15) is 11.3 Å². The highest BCUT2D eigenvalue weighted by atomic mass is 35.5. The maximum Gasteiger partial charge on any atom is 0.226 e. The van der Waals surface area contributed by atoms with Gasteiger partial charge >= 0.3 is 0 Å². The first-order valence-corrected chi connectivity index (χ1v) is 6.95. The smallest absolute Gasteiger partial charge is 0.226 e. The third-order valence-electron chi connectivity index (χ3n) is 3.21. The number of amides is 1. The van der Waals surface area contributed by atoms with Gasteiger partial charge in [-0.15, -0.1) is 0 Å². The Hall–Kier alpha value is -2.33. The summed E-state index contributed by atoms with van der Waals surface area (Å²) in [6, 6.07) is 14.9. The Labute approximate surface area is 126 Å². The number of fused-ring (bicyclic) bond motifs is 1. The van der Waals surface area contributed by atoms with Gasteiger partial charge in [0.1, 0.15) is 5.69 Å². The van der Waals surface area contributed by atoms with E-state index in [2.05, 4.69) is 10.5 Å². The van der Waals surface area contributed by atoms with Crippen molar-refractivity contribution in [2.24, 2.45) is 0 Å². The predicted molar refractivity (Wildman–Crippen MR) is 81.0 cm³/mol. The summed E-state index contributed by atoms with van der Waals surface area (Å²) in [4.78, 5) is 12.0. The highest BCUT2D eigenvalue weighted by molar-refractivity contribution is 6.31. The predicted octanol–water partition coefficient (Wildman–Crippen LogP) is 3.34. The van der Waals surface area contributed by atoms with Crippen LogP contribution in [0.5, 0.6) is 0 Å². The zero-order valence-electron chi connectivity index (χ0n) is 11.2. The van der Waals surface area contributed by atoms with Gasteiger partial charge in [0.2, 0.25) is 5.91 Å². The fraction of sp³-hybridized carbons (Fsp3) is 0.125. The van der Waals surface area contributed by atoms with Gasteiger partial charge in [-0.3, -0.25) is 4.79 Å². The molecule has 2 aromatic carbocycles. The van der Waals surface area contributed by atoms with E-state index in [4.69, 9.17) is 16.1 Å². The highest BCUT2D eigenvalue weighted by Gasteiger charge is 2.12. The molecule has 0 fully saturated rings. The number of para-hydroxylation sites is 1. The average Bonchev–Trinajstić information content (AvgIpc) is 2.90. The maximum absolute atomic E-state index is 12.0. The molecule has 5 heteroatoms. The third kappa shape index (κ3) is 3.06. The zero-order chi connectivity index (χ0) is 14.7. The molecule has 0 atom stereocenters. The lowest BCUT2D eigenvalue weighted by Crippen LogP contribution is -2.24. The van der Waals surface area contributed by atoms with Gasteiger partial charge in [0.25, 0.3) is 0 Å². The molecule has 0 aliphatic rings. The van der Waals surface area contributed by atoms with Gasteiger partial charge in [0, 0.05) is 17.0 Å². The van der Waals surface area contributed by atoms with E-state index in [0.29, 0.717) is 22.8 Å². The molecule has 1 aromatic heterocycles. The Morgan fingerprint density at radius 3 is 2.76 bits per heavy atom. The van der Waals surface area contributed by atoms with E-state index in [1.54, 1.807) is 6.07 Å². The van der Waals surface area contributed by atoms with Gasteiger partial charge in [0.15, 0.2) is 5.58 Å². The lowest BCUT2D eigenvalue weighted by Gasteiger charge is -2.05. The van der Waals surface area contributed by atoms with E-state index in [0.717, 1.165) is 10.9 Å². The first kappa shape index (κ1) is 13.6. The molecule has 0 saturated heterocycles. The van der Waals surface area contributed by atoms with Crippen LogP contribution in [0, 0.1) is 0 Å². The first-order chi connectivity index (χ1) is 10.2. The van der Waals surface area contributed by atoms with Crippen LogP contribution in [-0.4, -0.2) is 11.1 Å². The fourth-order valence-corrected chi connectivity index (χ4v) is 2.32. The molecule has 0 saturated carbocycles. The van der Waals surface area contributed by atoms with Gasteiger partial charge in [0.05, 0.1) is 6.42 Å². The van der Waals surface area contributed by atoms with Gasteiger partial charge < -0.3 is 9.84 Å². The molecule has 1 N–H and O–H groups in total. The van der Waals surface area contributed by atoms with E-state index in [1.165, 1.54) is 0 Å². The lowest BCUT2D eigenvalue weighted by atomic mass is 10.1. The number of rotatable bonds is 4. The molecule has 4 nitrogen and oxygen atoms in total. The van der Waals surface area contributed by atoms with E-state index >= 15 is 0 Å². The van der Waals surface area contributed by atoms with Crippen molar-refractivity contribution >= 4 is 28.5 Å². The Morgan fingerprint density at radius 1 is 1.14 bits per heavy atom. The summed E-state index contributed by atoms with van der Waals surface area (Å²) >= 11 is 6.05. The standard InChI is InChI=1S/C16H13ClN2O2/c17-13-7-3-1-5-11(13)10-18-16(20)9-14-12-6-2-4-8-15(12)21-19-14/h1-8H,9-10H2,(H,18,20). The number of aromatic nitrogens is 1. The molecule has 106 valence electrons. The van der Waals surface area contributed by atoms with Crippen LogP contribution in [0.3, 0.4) is 0 Å². The number of carbonyl (C=O) groups excluding carboxylic acids is 1. The topological polar surface area (TPSA) is 55.1 Å². The van der Waals surface area contributed by atoms with Crippen molar-refractivity contribution in [2.75, 3.05) is 0 Å². The van der Waals surface area contributed by atoms with Crippen molar-refractivity contribution in [1.82, 2.24) is 10.5 Å². The van der Waals surface area contributed by atoms with Crippen LogP contribution in [0.25, 0.3) is 11.0 Å². The highest BCUT2D eigenvalue weighted by Crippen LogP contribution is 2.18. The number of hydrogen-bond acceptors (Lipinski definition) is 3. The minimum absolute atomic E-state index is 0.117. The SMILES string of the molecule is O=C(Cc1noc2ccccc12)NCc1ccccc1Cl. The monoisotopic (exact) mass is 300 g/mol. The van der Waals surface area contributed by atoms with Gasteiger partial charge in [-0.2, -0.15) is 0 Å². The van der Waals surface area contributed by atoms with Crippen LogP contribution < -0.4 is 5.32 Å². The summed E-state index contributed by atoms with van der Waals surface area (Å²) in [5.74, 6) is -0.117. The molecule has 1 amide bonds. The van der Waals surface area contributed by atoms with Gasteiger partial charge in [-0.05, 0) is 23.8 Å².